The van der Waals surface area contributed by atoms with Gasteiger partial charge in [0.05, 0.1) is 6.33 Å². The monoisotopic (exact) mass is 270 g/mol. The van der Waals surface area contributed by atoms with E-state index in [2.05, 4.69) is 9.88 Å². The van der Waals surface area contributed by atoms with Crippen molar-refractivity contribution in [2.45, 2.75) is 6.54 Å². The van der Waals surface area contributed by atoms with Crippen molar-refractivity contribution >= 4 is 17.5 Å². The summed E-state index contributed by atoms with van der Waals surface area (Å²) in [6, 6.07) is 1.21. The Labute approximate surface area is 110 Å². The van der Waals surface area contributed by atoms with Crippen molar-refractivity contribution in [3.05, 3.63) is 27.9 Å². The highest BCUT2D eigenvalue weighted by molar-refractivity contribution is 6.29. The minimum absolute atomic E-state index is 0.0206. The second-order valence-corrected chi connectivity index (χ2v) is 4.75. The van der Waals surface area contributed by atoms with Crippen molar-refractivity contribution in [1.82, 2.24) is 19.4 Å². The van der Waals surface area contributed by atoms with E-state index in [-0.39, 0.29) is 23.2 Å². The molecule has 0 bridgehead atoms. The van der Waals surface area contributed by atoms with Crippen LogP contribution in [0.5, 0.6) is 0 Å². The fourth-order valence-electron chi connectivity index (χ4n) is 1.82. The average Bonchev–Trinajstić information content (AvgIpc) is 2.33. The summed E-state index contributed by atoms with van der Waals surface area (Å²) in [6.45, 7) is 3.14. The molecule has 0 atom stereocenters. The second-order valence-electron chi connectivity index (χ2n) is 4.36. The first kappa shape index (κ1) is 13.0. The first-order valence-electron chi connectivity index (χ1n) is 5.74. The van der Waals surface area contributed by atoms with Gasteiger partial charge in [0.2, 0.25) is 5.91 Å². The topological polar surface area (TPSA) is 58.4 Å². The summed E-state index contributed by atoms with van der Waals surface area (Å²) in [5.41, 5.74) is -0.308. The zero-order valence-corrected chi connectivity index (χ0v) is 10.9. The number of carbonyl (C=O) groups is 1. The van der Waals surface area contributed by atoms with Crippen LogP contribution in [0.4, 0.5) is 0 Å². The molecule has 1 aliphatic heterocycles. The Bertz CT molecular complexity index is 494. The molecule has 0 unspecified atom stereocenters. The van der Waals surface area contributed by atoms with Gasteiger partial charge in [-0.3, -0.25) is 14.2 Å². The summed E-state index contributed by atoms with van der Waals surface area (Å²) in [4.78, 5) is 31.3. The molecule has 6 nitrogen and oxygen atoms in total. The maximum atomic E-state index is 12.0. The number of piperazine rings is 1. The van der Waals surface area contributed by atoms with E-state index in [0.29, 0.717) is 13.1 Å². The van der Waals surface area contributed by atoms with Gasteiger partial charge in [0.1, 0.15) is 11.7 Å². The van der Waals surface area contributed by atoms with Crippen molar-refractivity contribution in [2.24, 2.45) is 0 Å². The molecule has 1 aliphatic rings. The van der Waals surface area contributed by atoms with Crippen LogP contribution in [0.1, 0.15) is 0 Å². The molecule has 1 saturated heterocycles. The molecule has 1 aromatic rings. The van der Waals surface area contributed by atoms with Gasteiger partial charge in [0, 0.05) is 32.2 Å². The third kappa shape index (κ3) is 3.08. The lowest BCUT2D eigenvalue weighted by molar-refractivity contribution is -0.133. The van der Waals surface area contributed by atoms with E-state index in [1.165, 1.54) is 17.0 Å². The largest absolute Gasteiger partial charge is 0.339 e. The molecule has 1 amide bonds. The molecule has 1 aromatic heterocycles. The van der Waals surface area contributed by atoms with Crippen LogP contribution >= 0.6 is 11.6 Å². The Hall–Kier alpha value is -1.40. The predicted molar refractivity (Wildman–Crippen MR) is 67.6 cm³/mol. The number of nitrogens with zero attached hydrogens (tertiary/aromatic N) is 4. The number of likely N-dealkylation sites (N-methyl/N-ethyl adjacent to an activating group) is 1. The minimum atomic E-state index is -0.308. The van der Waals surface area contributed by atoms with Gasteiger partial charge in [-0.25, -0.2) is 4.98 Å². The van der Waals surface area contributed by atoms with Gasteiger partial charge in [0.15, 0.2) is 0 Å². The predicted octanol–water partition coefficient (Wildman–Crippen LogP) is -0.329. The van der Waals surface area contributed by atoms with Gasteiger partial charge in [-0.2, -0.15) is 0 Å². The molecule has 0 saturated carbocycles. The SMILES string of the molecule is CN1CCN(C(=O)Cn2cnc(Cl)cc2=O)CC1. The van der Waals surface area contributed by atoms with Crippen LogP contribution in [0.2, 0.25) is 5.15 Å². The van der Waals surface area contributed by atoms with E-state index < -0.39 is 0 Å². The molecule has 1 fully saturated rings. The molecule has 0 N–H and O–H groups in total. The molecule has 98 valence electrons. The zero-order chi connectivity index (χ0) is 13.1. The van der Waals surface area contributed by atoms with Crippen LogP contribution < -0.4 is 5.56 Å². The van der Waals surface area contributed by atoms with Crippen LogP contribution in [-0.2, 0) is 11.3 Å². The summed E-state index contributed by atoms with van der Waals surface area (Å²) in [7, 11) is 2.02. The van der Waals surface area contributed by atoms with Gasteiger partial charge in [-0.15, -0.1) is 0 Å². The van der Waals surface area contributed by atoms with E-state index in [1.807, 2.05) is 7.05 Å². The Kier molecular flexibility index (Phi) is 3.98. The fraction of sp³-hybridized carbons (Fsp3) is 0.545. The molecule has 0 spiro atoms. The van der Waals surface area contributed by atoms with Crippen molar-refractivity contribution in [3.63, 3.8) is 0 Å². The molecule has 2 rings (SSSR count). The van der Waals surface area contributed by atoms with Crippen molar-refractivity contribution in [2.75, 3.05) is 33.2 Å². The van der Waals surface area contributed by atoms with Gasteiger partial charge < -0.3 is 9.80 Å². The van der Waals surface area contributed by atoms with Crippen LogP contribution in [-0.4, -0.2) is 58.5 Å². The maximum Gasteiger partial charge on any atom is 0.255 e. The van der Waals surface area contributed by atoms with Crippen LogP contribution in [0.15, 0.2) is 17.2 Å². The molecule has 7 heteroatoms. The molecule has 0 aliphatic carbocycles. The maximum absolute atomic E-state index is 12.0. The normalized spacial score (nSPS) is 16.9. The quantitative estimate of drug-likeness (QED) is 0.691. The Morgan fingerprint density at radius 2 is 2.06 bits per heavy atom. The summed E-state index contributed by atoms with van der Waals surface area (Å²) in [5, 5.41) is 0.142. The summed E-state index contributed by atoms with van der Waals surface area (Å²) in [5.74, 6) is -0.0608. The number of amides is 1. The van der Waals surface area contributed by atoms with Gasteiger partial charge in [-0.1, -0.05) is 11.6 Å². The highest BCUT2D eigenvalue weighted by atomic mass is 35.5. The number of hydrogen-bond donors (Lipinski definition) is 0. The lowest BCUT2D eigenvalue weighted by Gasteiger charge is -2.32. The highest BCUT2D eigenvalue weighted by Crippen LogP contribution is 2.01. The molecular weight excluding hydrogens is 256 g/mol. The Balaban J connectivity index is 2.01. The third-order valence-electron chi connectivity index (χ3n) is 3.01. The summed E-state index contributed by atoms with van der Waals surface area (Å²) in [6.07, 6.45) is 1.30. The molecule has 0 radical (unpaired) electrons. The van der Waals surface area contributed by atoms with Gasteiger partial charge in [-0.05, 0) is 7.05 Å². The van der Waals surface area contributed by atoms with E-state index in [1.54, 1.807) is 4.90 Å². The Morgan fingerprint density at radius 3 is 2.67 bits per heavy atom. The minimum Gasteiger partial charge on any atom is -0.339 e. The highest BCUT2D eigenvalue weighted by Gasteiger charge is 2.19. The van der Waals surface area contributed by atoms with Crippen LogP contribution in [0.25, 0.3) is 0 Å². The van der Waals surface area contributed by atoms with Crippen molar-refractivity contribution in [1.29, 1.82) is 0 Å². The number of halogens is 1. The second kappa shape index (κ2) is 5.49. The lowest BCUT2D eigenvalue weighted by Crippen LogP contribution is -2.48. The van der Waals surface area contributed by atoms with Crippen LogP contribution in [0, 0.1) is 0 Å². The molecule has 0 aromatic carbocycles. The summed E-state index contributed by atoms with van der Waals surface area (Å²) < 4.78 is 1.27. The molecule has 18 heavy (non-hydrogen) atoms. The smallest absolute Gasteiger partial charge is 0.255 e. The van der Waals surface area contributed by atoms with Gasteiger partial charge in [0.25, 0.3) is 5.56 Å². The van der Waals surface area contributed by atoms with E-state index in [9.17, 15) is 9.59 Å². The Morgan fingerprint density at radius 1 is 1.39 bits per heavy atom. The fourth-order valence-corrected chi connectivity index (χ4v) is 1.96. The first-order valence-corrected chi connectivity index (χ1v) is 6.12. The summed E-state index contributed by atoms with van der Waals surface area (Å²) >= 11 is 5.59. The number of rotatable bonds is 2. The van der Waals surface area contributed by atoms with Crippen molar-refractivity contribution < 1.29 is 4.79 Å². The van der Waals surface area contributed by atoms with Gasteiger partial charge >= 0.3 is 0 Å². The van der Waals surface area contributed by atoms with E-state index >= 15 is 0 Å². The number of carbonyl (C=O) groups excluding carboxylic acids is 1. The first-order chi connectivity index (χ1) is 8.56. The van der Waals surface area contributed by atoms with E-state index in [0.717, 1.165) is 13.1 Å². The van der Waals surface area contributed by atoms with Crippen molar-refractivity contribution in [3.8, 4) is 0 Å². The molecule has 2 heterocycles. The number of aromatic nitrogens is 2. The zero-order valence-electron chi connectivity index (χ0n) is 10.2. The third-order valence-corrected chi connectivity index (χ3v) is 3.21. The average molecular weight is 271 g/mol. The lowest BCUT2D eigenvalue weighted by atomic mass is 10.3. The number of hydrogen-bond acceptors (Lipinski definition) is 4. The molecular formula is C11H15ClN4O2. The van der Waals surface area contributed by atoms with Crippen LogP contribution in [0.3, 0.4) is 0 Å². The standard InChI is InChI=1S/C11H15ClN4O2/c1-14-2-4-15(5-3-14)11(18)7-16-8-13-9(12)6-10(16)17/h6,8H,2-5,7H2,1H3. The van der Waals surface area contributed by atoms with E-state index in [4.69, 9.17) is 11.6 Å².